The van der Waals surface area contributed by atoms with Gasteiger partial charge >= 0.3 is 0 Å². The van der Waals surface area contributed by atoms with Crippen LogP contribution in [-0.4, -0.2) is 19.8 Å². The van der Waals surface area contributed by atoms with Crippen molar-refractivity contribution in [1.29, 1.82) is 0 Å². The number of hydrogen-bond donors (Lipinski definition) is 1. The van der Waals surface area contributed by atoms with Gasteiger partial charge in [0.2, 0.25) is 0 Å². The molecule has 5 heteroatoms. The highest BCUT2D eigenvalue weighted by Gasteiger charge is 2.23. The maximum atomic E-state index is 6.10. The molecule has 0 aliphatic rings. The number of hydrogen-bond acceptors (Lipinski definition) is 4. The first kappa shape index (κ1) is 16.0. The van der Waals surface area contributed by atoms with Gasteiger partial charge < -0.3 is 4.74 Å². The summed E-state index contributed by atoms with van der Waals surface area (Å²) >= 11 is 9.50. The second-order valence-corrected chi connectivity index (χ2v) is 7.79. The van der Waals surface area contributed by atoms with Gasteiger partial charge in [0.1, 0.15) is 0 Å². The van der Waals surface area contributed by atoms with Gasteiger partial charge in [0.05, 0.1) is 17.0 Å². The third-order valence-corrected chi connectivity index (χ3v) is 5.47. The van der Waals surface area contributed by atoms with E-state index in [1.54, 1.807) is 29.8 Å². The molecule has 0 amide bonds. The van der Waals surface area contributed by atoms with Crippen LogP contribution < -0.4 is 5.32 Å². The van der Waals surface area contributed by atoms with Crippen LogP contribution in [0.1, 0.15) is 29.6 Å². The Kier molecular flexibility index (Phi) is 6.05. The SMILES string of the molecule is COCC(NC(c1cccs1)c1ccc(Cl)s1)C(C)C. The van der Waals surface area contributed by atoms with Crippen LogP contribution in [0.3, 0.4) is 0 Å². The summed E-state index contributed by atoms with van der Waals surface area (Å²) in [5, 5.41) is 5.83. The van der Waals surface area contributed by atoms with Crippen molar-refractivity contribution in [2.45, 2.75) is 25.9 Å². The van der Waals surface area contributed by atoms with E-state index in [0.717, 1.165) is 4.34 Å². The van der Waals surface area contributed by atoms with E-state index in [0.29, 0.717) is 18.6 Å². The summed E-state index contributed by atoms with van der Waals surface area (Å²) in [6, 6.07) is 8.83. The summed E-state index contributed by atoms with van der Waals surface area (Å²) in [5.74, 6) is 0.507. The van der Waals surface area contributed by atoms with Crippen molar-refractivity contribution in [2.24, 2.45) is 5.92 Å². The van der Waals surface area contributed by atoms with Crippen molar-refractivity contribution in [3.8, 4) is 0 Å². The van der Waals surface area contributed by atoms with Crippen molar-refractivity contribution in [1.82, 2.24) is 5.32 Å². The first-order valence-corrected chi connectivity index (χ1v) is 8.73. The quantitative estimate of drug-likeness (QED) is 0.786. The molecular weight excluding hydrogens is 310 g/mol. The zero-order valence-corrected chi connectivity index (χ0v) is 14.3. The van der Waals surface area contributed by atoms with Crippen molar-refractivity contribution < 1.29 is 4.74 Å². The van der Waals surface area contributed by atoms with E-state index < -0.39 is 0 Å². The largest absolute Gasteiger partial charge is 0.383 e. The fourth-order valence-electron chi connectivity index (χ4n) is 2.07. The minimum Gasteiger partial charge on any atom is -0.383 e. The first-order chi connectivity index (χ1) is 9.61. The van der Waals surface area contributed by atoms with Gasteiger partial charge in [0.15, 0.2) is 0 Å². The summed E-state index contributed by atoms with van der Waals surface area (Å²) in [6.45, 7) is 5.13. The number of nitrogens with one attached hydrogen (secondary N) is 1. The zero-order valence-electron chi connectivity index (χ0n) is 11.9. The molecule has 110 valence electrons. The van der Waals surface area contributed by atoms with Gasteiger partial charge in [-0.05, 0) is 29.5 Å². The van der Waals surface area contributed by atoms with Crippen molar-refractivity contribution in [2.75, 3.05) is 13.7 Å². The summed E-state index contributed by atoms with van der Waals surface area (Å²) in [5.41, 5.74) is 0. The van der Waals surface area contributed by atoms with Crippen LogP contribution in [0.4, 0.5) is 0 Å². The summed E-state index contributed by atoms with van der Waals surface area (Å²) in [4.78, 5) is 2.56. The highest BCUT2D eigenvalue weighted by atomic mass is 35.5. The fraction of sp³-hybridized carbons (Fsp3) is 0.467. The minimum atomic E-state index is 0.190. The standard InChI is InChI=1S/C15H20ClNOS2/c1-10(2)11(9-18-3)17-15(12-5-4-8-19-12)13-6-7-14(16)20-13/h4-8,10-11,15,17H,9H2,1-3H3. The second-order valence-electron chi connectivity index (χ2n) is 5.06. The molecule has 0 saturated heterocycles. The van der Waals surface area contributed by atoms with Crippen LogP contribution >= 0.6 is 34.3 Å². The van der Waals surface area contributed by atoms with Crippen LogP contribution in [0, 0.1) is 5.92 Å². The number of thiophene rings is 2. The van der Waals surface area contributed by atoms with E-state index in [-0.39, 0.29) is 6.04 Å². The molecule has 0 bridgehead atoms. The molecule has 0 spiro atoms. The molecule has 2 unspecified atom stereocenters. The Bertz CT molecular complexity index is 510. The third kappa shape index (κ3) is 4.06. The maximum absolute atomic E-state index is 6.10. The lowest BCUT2D eigenvalue weighted by Gasteiger charge is -2.27. The highest BCUT2D eigenvalue weighted by Crippen LogP contribution is 2.33. The van der Waals surface area contributed by atoms with Crippen LogP contribution in [0.15, 0.2) is 29.6 Å². The van der Waals surface area contributed by atoms with Gasteiger partial charge in [0, 0.05) is 22.9 Å². The van der Waals surface area contributed by atoms with Crippen LogP contribution in [0.5, 0.6) is 0 Å². The fourth-order valence-corrected chi connectivity index (χ4v) is 4.09. The molecule has 0 aliphatic heterocycles. The summed E-state index contributed by atoms with van der Waals surface area (Å²) in [7, 11) is 1.75. The molecule has 0 saturated carbocycles. The molecule has 0 aliphatic carbocycles. The number of halogens is 1. The predicted octanol–water partition coefficient (Wildman–Crippen LogP) is 4.81. The molecule has 0 radical (unpaired) electrons. The molecule has 2 heterocycles. The average molecular weight is 330 g/mol. The smallest absolute Gasteiger partial charge is 0.0931 e. The molecular formula is C15H20ClNOS2. The molecule has 0 aromatic carbocycles. The lowest BCUT2D eigenvalue weighted by molar-refractivity contribution is 0.143. The van der Waals surface area contributed by atoms with Gasteiger partial charge in [-0.25, -0.2) is 0 Å². The van der Waals surface area contributed by atoms with Gasteiger partial charge in [0.25, 0.3) is 0 Å². The topological polar surface area (TPSA) is 21.3 Å². The monoisotopic (exact) mass is 329 g/mol. The van der Waals surface area contributed by atoms with E-state index in [1.807, 2.05) is 6.07 Å². The number of rotatable bonds is 7. The minimum absolute atomic E-state index is 0.190. The molecule has 2 rings (SSSR count). The Labute approximate surface area is 133 Å². The van der Waals surface area contributed by atoms with Gasteiger partial charge in [-0.1, -0.05) is 31.5 Å². The van der Waals surface area contributed by atoms with E-state index >= 15 is 0 Å². The molecule has 2 nitrogen and oxygen atoms in total. The lowest BCUT2D eigenvalue weighted by atomic mass is 10.0. The molecule has 1 N–H and O–H groups in total. The van der Waals surface area contributed by atoms with E-state index in [9.17, 15) is 0 Å². The Morgan fingerprint density at radius 1 is 1.25 bits per heavy atom. The predicted molar refractivity (Wildman–Crippen MR) is 89.1 cm³/mol. The Morgan fingerprint density at radius 2 is 2.05 bits per heavy atom. The number of methoxy groups -OCH3 is 1. The van der Waals surface area contributed by atoms with Crippen LogP contribution in [0.25, 0.3) is 0 Å². The van der Waals surface area contributed by atoms with Gasteiger partial charge in [-0.3, -0.25) is 5.32 Å². The summed E-state index contributed by atoms with van der Waals surface area (Å²) in [6.07, 6.45) is 0. The van der Waals surface area contributed by atoms with Crippen LogP contribution in [0.2, 0.25) is 4.34 Å². The molecule has 20 heavy (non-hydrogen) atoms. The Hall–Kier alpha value is -0.390. The van der Waals surface area contributed by atoms with Gasteiger partial charge in [-0.15, -0.1) is 22.7 Å². The molecule has 2 aromatic heterocycles. The zero-order chi connectivity index (χ0) is 14.5. The second kappa shape index (κ2) is 7.57. The van der Waals surface area contributed by atoms with E-state index in [2.05, 4.69) is 42.7 Å². The lowest BCUT2D eigenvalue weighted by Crippen LogP contribution is -2.40. The third-order valence-electron chi connectivity index (χ3n) is 3.24. The van der Waals surface area contributed by atoms with Crippen molar-refractivity contribution in [3.63, 3.8) is 0 Å². The molecule has 0 fully saturated rings. The Morgan fingerprint density at radius 3 is 2.55 bits per heavy atom. The van der Waals surface area contributed by atoms with E-state index in [1.165, 1.54) is 9.75 Å². The van der Waals surface area contributed by atoms with E-state index in [4.69, 9.17) is 16.3 Å². The summed E-state index contributed by atoms with van der Waals surface area (Å²) < 4.78 is 6.17. The number of ether oxygens (including phenoxy) is 1. The Balaban J connectivity index is 2.23. The normalized spacial score (nSPS) is 14.7. The average Bonchev–Trinajstić information content (AvgIpc) is 3.05. The first-order valence-electron chi connectivity index (χ1n) is 6.65. The maximum Gasteiger partial charge on any atom is 0.0931 e. The van der Waals surface area contributed by atoms with Gasteiger partial charge in [-0.2, -0.15) is 0 Å². The van der Waals surface area contributed by atoms with Crippen molar-refractivity contribution >= 4 is 34.3 Å². The molecule has 2 aromatic rings. The van der Waals surface area contributed by atoms with Crippen molar-refractivity contribution in [3.05, 3.63) is 43.7 Å². The molecule has 2 atom stereocenters. The van der Waals surface area contributed by atoms with Crippen LogP contribution in [-0.2, 0) is 4.74 Å². The highest BCUT2D eigenvalue weighted by molar-refractivity contribution is 7.16.